The topological polar surface area (TPSA) is 52.0 Å². The van der Waals surface area contributed by atoms with Gasteiger partial charge in [-0.3, -0.25) is 0 Å². The number of para-hydroxylation sites is 2. The molecule has 0 aliphatic heterocycles. The van der Waals surface area contributed by atoms with Gasteiger partial charge in [-0.25, -0.2) is 0 Å². The standard InChI is InChI=1S/2C6H7N.C3H8.4C2H6/c2*7-6-4-2-1-3-5-6;1-3-2;4*1-2/h2*1-5H,7H2;3H2,1-2H3;4*1-2H3. The van der Waals surface area contributed by atoms with Crippen molar-refractivity contribution in [2.24, 2.45) is 0 Å². The van der Waals surface area contributed by atoms with Crippen LogP contribution in [0.5, 0.6) is 0 Å². The van der Waals surface area contributed by atoms with Crippen LogP contribution in [0.4, 0.5) is 11.4 Å². The van der Waals surface area contributed by atoms with E-state index in [1.54, 1.807) is 0 Å². The number of nitrogens with two attached hydrogens (primary N) is 2. The average Bonchev–Trinajstić information content (AvgIpc) is 2.70. The third-order valence-electron chi connectivity index (χ3n) is 1.60. The Labute approximate surface area is 159 Å². The van der Waals surface area contributed by atoms with Crippen molar-refractivity contribution in [3.8, 4) is 0 Å². The van der Waals surface area contributed by atoms with E-state index in [1.807, 2.05) is 116 Å². The summed E-state index contributed by atoms with van der Waals surface area (Å²) in [4.78, 5) is 0. The first-order chi connectivity index (χ1) is 12.2. The van der Waals surface area contributed by atoms with Gasteiger partial charge in [-0.1, -0.05) is 112 Å². The first kappa shape index (κ1) is 34.4. The van der Waals surface area contributed by atoms with Crippen molar-refractivity contribution in [2.45, 2.75) is 75.7 Å². The van der Waals surface area contributed by atoms with Gasteiger partial charge >= 0.3 is 0 Å². The second-order valence-electron chi connectivity index (χ2n) is 3.53. The molecule has 2 aromatic carbocycles. The molecule has 0 aromatic heterocycles. The highest BCUT2D eigenvalue weighted by atomic mass is 14.5. The Bertz CT molecular complexity index is 321. The summed E-state index contributed by atoms with van der Waals surface area (Å²) in [6.07, 6.45) is 1.25. The fourth-order valence-electron chi connectivity index (χ4n) is 0.906. The Morgan fingerprint density at radius 1 is 0.480 bits per heavy atom. The van der Waals surface area contributed by atoms with Crippen molar-refractivity contribution in [3.05, 3.63) is 60.7 Å². The molecule has 0 spiro atoms. The van der Waals surface area contributed by atoms with Crippen molar-refractivity contribution in [1.82, 2.24) is 0 Å². The van der Waals surface area contributed by atoms with Crippen LogP contribution in [0.15, 0.2) is 60.7 Å². The van der Waals surface area contributed by atoms with Gasteiger partial charge in [0.15, 0.2) is 0 Å². The molecule has 0 saturated heterocycles. The third-order valence-corrected chi connectivity index (χ3v) is 1.60. The molecule has 0 unspecified atom stereocenters. The summed E-state index contributed by atoms with van der Waals surface area (Å²) in [5, 5.41) is 0. The first-order valence-corrected chi connectivity index (χ1v) is 9.81. The van der Waals surface area contributed by atoms with Crippen LogP contribution < -0.4 is 11.5 Å². The van der Waals surface area contributed by atoms with Gasteiger partial charge in [0.1, 0.15) is 0 Å². The van der Waals surface area contributed by atoms with Crippen molar-refractivity contribution in [3.63, 3.8) is 0 Å². The maximum Gasteiger partial charge on any atom is 0.0313 e. The lowest BCUT2D eigenvalue weighted by atomic mass is 10.3. The molecule has 0 aliphatic rings. The number of benzene rings is 2. The summed E-state index contributed by atoms with van der Waals surface area (Å²) in [6, 6.07) is 19.0. The molecule has 2 nitrogen and oxygen atoms in total. The lowest BCUT2D eigenvalue weighted by Crippen LogP contribution is -1.79. The summed E-state index contributed by atoms with van der Waals surface area (Å²) in [7, 11) is 0. The van der Waals surface area contributed by atoms with Crippen LogP contribution in [0.3, 0.4) is 0 Å². The molecule has 0 atom stereocenters. The summed E-state index contributed by atoms with van der Waals surface area (Å²) in [5.74, 6) is 0. The van der Waals surface area contributed by atoms with E-state index < -0.39 is 0 Å². The largest absolute Gasteiger partial charge is 0.399 e. The highest BCUT2D eigenvalue weighted by molar-refractivity contribution is 5.36. The van der Waals surface area contributed by atoms with Crippen LogP contribution in [0, 0.1) is 0 Å². The van der Waals surface area contributed by atoms with E-state index in [9.17, 15) is 0 Å². The molecule has 0 bridgehead atoms. The van der Waals surface area contributed by atoms with E-state index >= 15 is 0 Å². The molecule has 148 valence electrons. The lowest BCUT2D eigenvalue weighted by molar-refractivity contribution is 1.09. The minimum atomic E-state index is 0.822. The predicted molar refractivity (Wildman–Crippen MR) is 123 cm³/mol. The third kappa shape index (κ3) is 44.9. The van der Waals surface area contributed by atoms with Crippen LogP contribution in [0.1, 0.15) is 75.7 Å². The zero-order chi connectivity index (χ0) is 20.9. The summed E-state index contributed by atoms with van der Waals surface area (Å²) in [5.41, 5.74) is 12.4. The minimum Gasteiger partial charge on any atom is -0.399 e. The molecule has 0 amide bonds. The van der Waals surface area contributed by atoms with Gasteiger partial charge in [-0.05, 0) is 24.3 Å². The van der Waals surface area contributed by atoms with Crippen LogP contribution in [0.2, 0.25) is 0 Å². The predicted octanol–water partition coefficient (Wildman–Crippen LogP) is 8.06. The summed E-state index contributed by atoms with van der Waals surface area (Å²) < 4.78 is 0. The van der Waals surface area contributed by atoms with Crippen LogP contribution in [0.25, 0.3) is 0 Å². The van der Waals surface area contributed by atoms with Gasteiger partial charge in [0.25, 0.3) is 0 Å². The minimum absolute atomic E-state index is 0.822. The Kier molecular flexibility index (Phi) is 59.3. The van der Waals surface area contributed by atoms with Crippen molar-refractivity contribution >= 4 is 11.4 Å². The second-order valence-corrected chi connectivity index (χ2v) is 3.53. The zero-order valence-electron chi connectivity index (χ0n) is 18.6. The van der Waals surface area contributed by atoms with Crippen LogP contribution in [-0.2, 0) is 0 Å². The highest BCUT2D eigenvalue weighted by Gasteiger charge is 1.72. The summed E-state index contributed by atoms with van der Waals surface area (Å²) in [6.45, 7) is 20.2. The fourth-order valence-corrected chi connectivity index (χ4v) is 0.906. The monoisotopic (exact) mass is 350 g/mol. The van der Waals surface area contributed by atoms with E-state index in [0.29, 0.717) is 0 Å². The van der Waals surface area contributed by atoms with Gasteiger partial charge in [0.05, 0.1) is 0 Å². The molecular formula is C23H46N2. The van der Waals surface area contributed by atoms with Crippen LogP contribution in [-0.4, -0.2) is 0 Å². The second kappa shape index (κ2) is 43.1. The molecule has 0 saturated carbocycles. The Hall–Kier alpha value is -1.96. The molecule has 0 fully saturated rings. The smallest absolute Gasteiger partial charge is 0.0313 e. The number of hydrogen-bond donors (Lipinski definition) is 2. The molecule has 25 heavy (non-hydrogen) atoms. The molecule has 0 radical (unpaired) electrons. The Balaban J connectivity index is -0.0000000695. The van der Waals surface area contributed by atoms with Gasteiger partial charge in [0.2, 0.25) is 0 Å². The summed E-state index contributed by atoms with van der Waals surface area (Å²) >= 11 is 0. The SMILES string of the molecule is CC.CC.CC.CC.CCC.Nc1ccccc1.Nc1ccccc1. The molecule has 2 heteroatoms. The maximum atomic E-state index is 5.36. The van der Waals surface area contributed by atoms with E-state index in [1.165, 1.54) is 6.42 Å². The highest BCUT2D eigenvalue weighted by Crippen LogP contribution is 1.96. The van der Waals surface area contributed by atoms with Gasteiger partial charge in [-0.15, -0.1) is 0 Å². The van der Waals surface area contributed by atoms with E-state index in [2.05, 4.69) is 13.8 Å². The van der Waals surface area contributed by atoms with E-state index in [-0.39, 0.29) is 0 Å². The van der Waals surface area contributed by atoms with Crippen LogP contribution >= 0.6 is 0 Å². The van der Waals surface area contributed by atoms with Gasteiger partial charge < -0.3 is 11.5 Å². The number of rotatable bonds is 0. The number of anilines is 2. The first-order valence-electron chi connectivity index (χ1n) is 9.81. The normalized spacial score (nSPS) is 6.48. The lowest BCUT2D eigenvalue weighted by Gasteiger charge is -1.83. The fraction of sp³-hybridized carbons (Fsp3) is 0.478. The van der Waals surface area contributed by atoms with Crippen molar-refractivity contribution in [1.29, 1.82) is 0 Å². The molecule has 0 heterocycles. The Morgan fingerprint density at radius 2 is 0.640 bits per heavy atom. The molecular weight excluding hydrogens is 304 g/mol. The van der Waals surface area contributed by atoms with Crippen molar-refractivity contribution in [2.75, 3.05) is 11.5 Å². The van der Waals surface area contributed by atoms with Gasteiger partial charge in [-0.2, -0.15) is 0 Å². The van der Waals surface area contributed by atoms with Gasteiger partial charge in [0, 0.05) is 11.4 Å². The molecule has 0 aliphatic carbocycles. The van der Waals surface area contributed by atoms with Crippen molar-refractivity contribution < 1.29 is 0 Å². The zero-order valence-corrected chi connectivity index (χ0v) is 18.6. The maximum absolute atomic E-state index is 5.36. The average molecular weight is 351 g/mol. The quantitative estimate of drug-likeness (QED) is 0.472. The molecule has 2 rings (SSSR count). The molecule has 2 aromatic rings. The van der Waals surface area contributed by atoms with E-state index in [0.717, 1.165) is 11.4 Å². The Morgan fingerprint density at radius 3 is 0.720 bits per heavy atom. The molecule has 4 N–H and O–H groups in total. The number of nitrogen functional groups attached to an aromatic ring is 2. The van der Waals surface area contributed by atoms with E-state index in [4.69, 9.17) is 11.5 Å². The number of hydrogen-bond acceptors (Lipinski definition) is 2.